The van der Waals surface area contributed by atoms with Gasteiger partial charge in [-0.2, -0.15) is 10.2 Å². The SMILES string of the molecule is Cc1c(CN2CCO[C@H](c3cc(CCOc4ccc(Cl)cc4)[nH]n3)C2)cnn1C. The number of halogens is 1. The van der Waals surface area contributed by atoms with E-state index in [4.69, 9.17) is 21.1 Å². The predicted octanol–water partition coefficient (Wildman–Crippen LogP) is 3.30. The predicted molar refractivity (Wildman–Crippen MR) is 111 cm³/mol. The summed E-state index contributed by atoms with van der Waals surface area (Å²) in [6.45, 7) is 5.99. The van der Waals surface area contributed by atoms with Crippen LogP contribution in [0.2, 0.25) is 5.02 Å². The number of nitrogens with zero attached hydrogens (tertiary/aromatic N) is 4. The van der Waals surface area contributed by atoms with Gasteiger partial charge in [-0.05, 0) is 37.3 Å². The van der Waals surface area contributed by atoms with Crippen LogP contribution in [0.4, 0.5) is 0 Å². The number of aryl methyl sites for hydroxylation is 1. The highest BCUT2D eigenvalue weighted by molar-refractivity contribution is 6.30. The fraction of sp³-hybridized carbons (Fsp3) is 0.429. The molecule has 0 radical (unpaired) electrons. The highest BCUT2D eigenvalue weighted by atomic mass is 35.5. The third-order valence-electron chi connectivity index (χ3n) is 5.32. The Kier molecular flexibility index (Phi) is 6.18. The normalized spacial score (nSPS) is 17.6. The molecule has 3 aromatic rings. The summed E-state index contributed by atoms with van der Waals surface area (Å²) in [5, 5.41) is 12.6. The summed E-state index contributed by atoms with van der Waals surface area (Å²) in [6.07, 6.45) is 2.68. The molecule has 0 spiro atoms. The van der Waals surface area contributed by atoms with E-state index in [-0.39, 0.29) is 6.10 Å². The van der Waals surface area contributed by atoms with Crippen molar-refractivity contribution in [3.05, 3.63) is 64.2 Å². The fourth-order valence-corrected chi connectivity index (χ4v) is 3.57. The fourth-order valence-electron chi connectivity index (χ4n) is 3.45. The average molecular weight is 416 g/mol. The Morgan fingerprint density at radius 3 is 2.90 bits per heavy atom. The van der Waals surface area contributed by atoms with E-state index in [1.807, 2.05) is 42.2 Å². The maximum atomic E-state index is 5.98. The van der Waals surface area contributed by atoms with E-state index in [9.17, 15) is 0 Å². The number of benzene rings is 1. The molecule has 3 heterocycles. The third-order valence-corrected chi connectivity index (χ3v) is 5.57. The van der Waals surface area contributed by atoms with Crippen molar-refractivity contribution in [2.45, 2.75) is 26.0 Å². The van der Waals surface area contributed by atoms with E-state index in [1.165, 1.54) is 11.3 Å². The Hall–Kier alpha value is -2.35. The molecule has 1 atom stereocenters. The molecule has 1 aliphatic heterocycles. The first-order chi connectivity index (χ1) is 14.1. The third kappa shape index (κ3) is 4.98. The molecule has 4 rings (SSSR count). The van der Waals surface area contributed by atoms with E-state index in [2.05, 4.69) is 33.2 Å². The molecule has 7 nitrogen and oxygen atoms in total. The number of nitrogens with one attached hydrogen (secondary N) is 1. The molecule has 0 aliphatic carbocycles. The molecule has 0 bridgehead atoms. The molecular weight excluding hydrogens is 390 g/mol. The second-order valence-electron chi connectivity index (χ2n) is 7.34. The van der Waals surface area contributed by atoms with E-state index in [0.717, 1.165) is 43.2 Å². The zero-order valence-electron chi connectivity index (χ0n) is 16.8. The van der Waals surface area contributed by atoms with Gasteiger partial charge in [0.25, 0.3) is 0 Å². The molecule has 154 valence electrons. The van der Waals surface area contributed by atoms with Crippen molar-refractivity contribution in [3.63, 3.8) is 0 Å². The van der Waals surface area contributed by atoms with Crippen LogP contribution in [0.3, 0.4) is 0 Å². The second kappa shape index (κ2) is 8.98. The standard InChI is InChI=1S/C21H26ClN5O2/c1-15-16(12-23-26(15)2)13-27-8-10-29-21(14-27)20-11-18(24-25-20)7-9-28-19-5-3-17(22)4-6-19/h3-6,11-12,21H,7-10,13-14H2,1-2H3,(H,24,25)/t21-/m0/s1. The van der Waals surface area contributed by atoms with Crippen LogP contribution in [0.15, 0.2) is 36.5 Å². The van der Waals surface area contributed by atoms with Gasteiger partial charge in [0.05, 0.1) is 25.1 Å². The maximum absolute atomic E-state index is 5.98. The number of aromatic amines is 1. The van der Waals surface area contributed by atoms with Crippen LogP contribution in [0.5, 0.6) is 5.75 Å². The summed E-state index contributed by atoms with van der Waals surface area (Å²) in [4.78, 5) is 2.40. The van der Waals surface area contributed by atoms with Gasteiger partial charge in [0.2, 0.25) is 0 Å². The quantitative estimate of drug-likeness (QED) is 0.641. The minimum absolute atomic E-state index is 0.0251. The first kappa shape index (κ1) is 19.9. The zero-order valence-corrected chi connectivity index (χ0v) is 17.5. The van der Waals surface area contributed by atoms with Crippen molar-refractivity contribution < 1.29 is 9.47 Å². The van der Waals surface area contributed by atoms with Gasteiger partial charge in [-0.1, -0.05) is 11.6 Å². The lowest BCUT2D eigenvalue weighted by atomic mass is 10.1. The number of rotatable bonds is 7. The molecule has 1 saturated heterocycles. The topological polar surface area (TPSA) is 68.2 Å². The smallest absolute Gasteiger partial charge is 0.119 e. The summed E-state index contributed by atoms with van der Waals surface area (Å²) >= 11 is 5.89. The number of H-pyrrole nitrogens is 1. The molecule has 0 amide bonds. The monoisotopic (exact) mass is 415 g/mol. The second-order valence-corrected chi connectivity index (χ2v) is 7.78. The van der Waals surface area contributed by atoms with Crippen LogP contribution in [-0.4, -0.2) is 51.2 Å². The average Bonchev–Trinajstić information content (AvgIpc) is 3.32. The van der Waals surface area contributed by atoms with E-state index in [1.54, 1.807) is 0 Å². The Labute approximate surface area is 175 Å². The number of hydrogen-bond acceptors (Lipinski definition) is 5. The zero-order chi connectivity index (χ0) is 20.2. The largest absolute Gasteiger partial charge is 0.493 e. The maximum Gasteiger partial charge on any atom is 0.119 e. The summed E-state index contributed by atoms with van der Waals surface area (Å²) in [5.74, 6) is 0.811. The van der Waals surface area contributed by atoms with Gasteiger partial charge in [0, 0.05) is 55.1 Å². The van der Waals surface area contributed by atoms with Crippen LogP contribution in [0.25, 0.3) is 0 Å². The van der Waals surface area contributed by atoms with Gasteiger partial charge in [-0.25, -0.2) is 0 Å². The van der Waals surface area contributed by atoms with Crippen molar-refractivity contribution in [1.29, 1.82) is 0 Å². The highest BCUT2D eigenvalue weighted by Crippen LogP contribution is 2.23. The molecule has 8 heteroatoms. The van der Waals surface area contributed by atoms with Crippen LogP contribution >= 0.6 is 11.6 Å². The van der Waals surface area contributed by atoms with Gasteiger partial charge in [0.15, 0.2) is 0 Å². The van der Waals surface area contributed by atoms with E-state index in [0.29, 0.717) is 18.2 Å². The molecule has 1 fully saturated rings. The van der Waals surface area contributed by atoms with E-state index < -0.39 is 0 Å². The molecule has 0 saturated carbocycles. The summed E-state index contributed by atoms with van der Waals surface area (Å²) in [5.41, 5.74) is 4.45. The number of ether oxygens (including phenoxy) is 2. The van der Waals surface area contributed by atoms with Crippen molar-refractivity contribution in [3.8, 4) is 5.75 Å². The lowest BCUT2D eigenvalue weighted by molar-refractivity contribution is -0.0350. The lowest BCUT2D eigenvalue weighted by Gasteiger charge is -2.32. The van der Waals surface area contributed by atoms with Crippen molar-refractivity contribution in [1.82, 2.24) is 24.9 Å². The number of aromatic nitrogens is 4. The lowest BCUT2D eigenvalue weighted by Crippen LogP contribution is -2.38. The highest BCUT2D eigenvalue weighted by Gasteiger charge is 2.25. The molecular formula is C21H26ClN5O2. The molecule has 1 aromatic carbocycles. The summed E-state index contributed by atoms with van der Waals surface area (Å²) < 4.78 is 13.7. The molecule has 2 aromatic heterocycles. The van der Waals surface area contributed by atoms with Crippen molar-refractivity contribution in [2.75, 3.05) is 26.3 Å². The molecule has 29 heavy (non-hydrogen) atoms. The Balaban J connectivity index is 1.30. The van der Waals surface area contributed by atoms with Crippen LogP contribution in [0.1, 0.15) is 28.7 Å². The summed E-state index contributed by atoms with van der Waals surface area (Å²) in [7, 11) is 1.98. The molecule has 0 unspecified atom stereocenters. The van der Waals surface area contributed by atoms with Crippen LogP contribution in [0, 0.1) is 6.92 Å². The Bertz CT molecular complexity index is 937. The Morgan fingerprint density at radius 2 is 2.14 bits per heavy atom. The van der Waals surface area contributed by atoms with Gasteiger partial charge in [-0.15, -0.1) is 0 Å². The van der Waals surface area contributed by atoms with Crippen LogP contribution < -0.4 is 4.74 Å². The van der Waals surface area contributed by atoms with Gasteiger partial charge in [-0.3, -0.25) is 14.7 Å². The number of morpholine rings is 1. The minimum Gasteiger partial charge on any atom is -0.493 e. The minimum atomic E-state index is -0.0251. The first-order valence-electron chi connectivity index (χ1n) is 9.82. The van der Waals surface area contributed by atoms with Gasteiger partial charge < -0.3 is 9.47 Å². The van der Waals surface area contributed by atoms with E-state index >= 15 is 0 Å². The first-order valence-corrected chi connectivity index (χ1v) is 10.2. The summed E-state index contributed by atoms with van der Waals surface area (Å²) in [6, 6.07) is 9.47. The van der Waals surface area contributed by atoms with Crippen molar-refractivity contribution >= 4 is 11.6 Å². The Morgan fingerprint density at radius 1 is 1.31 bits per heavy atom. The van der Waals surface area contributed by atoms with Gasteiger partial charge in [0.1, 0.15) is 11.9 Å². The van der Waals surface area contributed by atoms with Crippen LogP contribution in [-0.2, 0) is 24.8 Å². The van der Waals surface area contributed by atoms with Crippen molar-refractivity contribution in [2.24, 2.45) is 7.05 Å². The molecule has 1 N–H and O–H groups in total. The van der Waals surface area contributed by atoms with Gasteiger partial charge >= 0.3 is 0 Å². The molecule has 1 aliphatic rings. The number of hydrogen-bond donors (Lipinski definition) is 1.